The number of halogens is 1. The molecule has 0 spiro atoms. The Morgan fingerprint density at radius 1 is 1.25 bits per heavy atom. The van der Waals surface area contributed by atoms with Gasteiger partial charge < -0.3 is 5.73 Å². The van der Waals surface area contributed by atoms with Crippen molar-refractivity contribution < 1.29 is 0 Å². The van der Waals surface area contributed by atoms with Gasteiger partial charge in [0.05, 0.1) is 0 Å². The van der Waals surface area contributed by atoms with Crippen LogP contribution < -0.4 is 5.73 Å². The van der Waals surface area contributed by atoms with Crippen LogP contribution in [-0.2, 0) is 0 Å². The highest BCUT2D eigenvalue weighted by molar-refractivity contribution is 9.10. The fourth-order valence-electron chi connectivity index (χ4n) is 4.61. The van der Waals surface area contributed by atoms with Gasteiger partial charge in [0.15, 0.2) is 0 Å². The third kappa shape index (κ3) is 1.20. The first-order chi connectivity index (χ1) is 7.77. The zero-order valence-electron chi connectivity index (χ0n) is 9.10. The van der Waals surface area contributed by atoms with Gasteiger partial charge in [0, 0.05) is 15.9 Å². The van der Waals surface area contributed by atoms with E-state index in [4.69, 9.17) is 5.73 Å². The van der Waals surface area contributed by atoms with Crippen LogP contribution in [0.4, 0.5) is 0 Å². The molecule has 16 heavy (non-hydrogen) atoms. The summed E-state index contributed by atoms with van der Waals surface area (Å²) < 4.78 is 1.22. The minimum Gasteiger partial charge on any atom is -0.324 e. The summed E-state index contributed by atoms with van der Waals surface area (Å²) in [7, 11) is 0. The summed E-state index contributed by atoms with van der Waals surface area (Å²) in [6, 6.07) is 0.291. The van der Waals surface area contributed by atoms with E-state index in [1.807, 2.05) is 0 Å². The molecule has 2 N–H and O–H groups in total. The largest absolute Gasteiger partial charge is 0.324 e. The highest BCUT2D eigenvalue weighted by atomic mass is 79.9. The maximum atomic E-state index is 6.46. The van der Waals surface area contributed by atoms with E-state index in [0.29, 0.717) is 6.04 Å². The second kappa shape index (κ2) is 3.33. The van der Waals surface area contributed by atoms with Crippen LogP contribution in [0.3, 0.4) is 0 Å². The Hall–Kier alpha value is 0.140. The first-order valence-corrected chi connectivity index (χ1v) is 7.98. The van der Waals surface area contributed by atoms with Crippen LogP contribution in [0.5, 0.6) is 0 Å². The van der Waals surface area contributed by atoms with E-state index in [9.17, 15) is 0 Å². The topological polar surface area (TPSA) is 26.0 Å². The molecule has 1 aromatic heterocycles. The van der Waals surface area contributed by atoms with E-state index in [-0.39, 0.29) is 0 Å². The fourth-order valence-corrected chi connectivity index (χ4v) is 6.22. The van der Waals surface area contributed by atoms with Crippen molar-refractivity contribution in [2.45, 2.75) is 25.3 Å². The van der Waals surface area contributed by atoms with Crippen molar-refractivity contribution in [2.24, 2.45) is 35.3 Å². The van der Waals surface area contributed by atoms with Gasteiger partial charge in [-0.25, -0.2) is 0 Å². The summed E-state index contributed by atoms with van der Waals surface area (Å²) in [5.41, 5.74) is 7.82. The molecular weight excluding hydrogens is 282 g/mol. The molecule has 3 fully saturated rings. The average Bonchev–Trinajstić information content (AvgIpc) is 2.67. The van der Waals surface area contributed by atoms with E-state index in [2.05, 4.69) is 26.7 Å². The van der Waals surface area contributed by atoms with Crippen LogP contribution in [0.2, 0.25) is 0 Å². The number of nitrogens with two attached hydrogens (primary N) is 1. The second-order valence-electron chi connectivity index (χ2n) is 5.77. The molecule has 86 valence electrons. The van der Waals surface area contributed by atoms with Gasteiger partial charge in [-0.1, -0.05) is 0 Å². The summed E-state index contributed by atoms with van der Waals surface area (Å²) in [6.07, 6.45) is 4.49. The third-order valence-corrected chi connectivity index (χ3v) is 6.96. The second-order valence-corrected chi connectivity index (χ2v) is 7.36. The molecule has 0 radical (unpaired) electrons. The molecule has 3 saturated carbocycles. The number of fused-ring (bicyclic) bond motifs is 5. The lowest BCUT2D eigenvalue weighted by Gasteiger charge is -2.15. The molecule has 2 bridgehead atoms. The fraction of sp³-hybridized carbons (Fsp3) is 0.692. The lowest BCUT2D eigenvalue weighted by Crippen LogP contribution is -2.17. The molecule has 0 saturated heterocycles. The molecule has 3 aliphatic rings. The number of thiophene rings is 1. The predicted molar refractivity (Wildman–Crippen MR) is 70.2 cm³/mol. The molecule has 3 heteroatoms. The van der Waals surface area contributed by atoms with E-state index in [0.717, 1.165) is 29.6 Å². The molecular formula is C13H16BrNS. The molecule has 5 atom stereocenters. The molecule has 1 nitrogen and oxygen atoms in total. The molecule has 5 unspecified atom stereocenters. The zero-order chi connectivity index (χ0) is 10.9. The molecule has 1 heterocycles. The Kier molecular flexibility index (Phi) is 2.10. The van der Waals surface area contributed by atoms with Gasteiger partial charge in [-0.15, -0.1) is 0 Å². The standard InChI is InChI=1S/C13H16BrNS/c14-9-5-16-4-8(9)13(15)12-10-6-1-2-7(3-6)11(10)12/h4-7,10-13H,1-3,15H2. The summed E-state index contributed by atoms with van der Waals surface area (Å²) in [5, 5.41) is 4.38. The van der Waals surface area contributed by atoms with Gasteiger partial charge in [0.2, 0.25) is 0 Å². The predicted octanol–water partition coefficient (Wildman–Crippen LogP) is 3.80. The quantitative estimate of drug-likeness (QED) is 0.883. The highest BCUT2D eigenvalue weighted by Gasteiger charge is 2.66. The van der Waals surface area contributed by atoms with Gasteiger partial charge in [0.1, 0.15) is 0 Å². The third-order valence-electron chi connectivity index (χ3n) is 5.21. The first-order valence-electron chi connectivity index (χ1n) is 6.24. The molecule has 0 amide bonds. The maximum absolute atomic E-state index is 6.46. The minimum atomic E-state index is 0.291. The van der Waals surface area contributed by atoms with Gasteiger partial charge in [-0.3, -0.25) is 0 Å². The van der Waals surface area contributed by atoms with Crippen LogP contribution in [0.25, 0.3) is 0 Å². The molecule has 1 aromatic rings. The summed E-state index contributed by atoms with van der Waals surface area (Å²) >= 11 is 5.38. The van der Waals surface area contributed by atoms with Gasteiger partial charge >= 0.3 is 0 Å². The SMILES string of the molecule is NC(c1cscc1Br)C1C2C3CCC(C3)C21. The van der Waals surface area contributed by atoms with E-state index in [1.54, 1.807) is 11.3 Å². The minimum absolute atomic E-state index is 0.291. The van der Waals surface area contributed by atoms with Crippen LogP contribution in [0.1, 0.15) is 30.9 Å². The molecule has 0 aromatic carbocycles. The average molecular weight is 298 g/mol. The highest BCUT2D eigenvalue weighted by Crippen LogP contribution is 2.72. The van der Waals surface area contributed by atoms with E-state index >= 15 is 0 Å². The smallest absolute Gasteiger partial charge is 0.0348 e. The first kappa shape index (κ1) is 10.1. The number of hydrogen-bond acceptors (Lipinski definition) is 2. The summed E-state index contributed by atoms with van der Waals surface area (Å²) in [6.45, 7) is 0. The van der Waals surface area contributed by atoms with E-state index in [1.165, 1.54) is 29.3 Å². The van der Waals surface area contributed by atoms with Crippen LogP contribution >= 0.6 is 27.3 Å². The monoisotopic (exact) mass is 297 g/mol. The Balaban J connectivity index is 1.59. The van der Waals surface area contributed by atoms with Crippen LogP contribution in [0, 0.1) is 29.6 Å². The zero-order valence-corrected chi connectivity index (χ0v) is 11.5. The van der Waals surface area contributed by atoms with Crippen molar-refractivity contribution >= 4 is 27.3 Å². The Morgan fingerprint density at radius 2 is 1.94 bits per heavy atom. The van der Waals surface area contributed by atoms with Crippen LogP contribution in [0.15, 0.2) is 15.2 Å². The van der Waals surface area contributed by atoms with Crippen molar-refractivity contribution in [3.05, 3.63) is 20.8 Å². The lowest BCUT2D eigenvalue weighted by molar-refractivity contribution is 0.417. The Labute approximate surface area is 109 Å². The molecule has 0 aliphatic heterocycles. The van der Waals surface area contributed by atoms with Crippen molar-refractivity contribution in [2.75, 3.05) is 0 Å². The van der Waals surface area contributed by atoms with Crippen molar-refractivity contribution in [3.8, 4) is 0 Å². The van der Waals surface area contributed by atoms with Gasteiger partial charge in [-0.2, -0.15) is 11.3 Å². The van der Waals surface area contributed by atoms with Crippen molar-refractivity contribution in [1.82, 2.24) is 0 Å². The van der Waals surface area contributed by atoms with Crippen molar-refractivity contribution in [3.63, 3.8) is 0 Å². The Bertz CT molecular complexity index is 413. The number of hydrogen-bond donors (Lipinski definition) is 1. The van der Waals surface area contributed by atoms with Gasteiger partial charge in [-0.05, 0) is 75.7 Å². The van der Waals surface area contributed by atoms with Crippen molar-refractivity contribution in [1.29, 1.82) is 0 Å². The van der Waals surface area contributed by atoms with Crippen LogP contribution in [-0.4, -0.2) is 0 Å². The number of rotatable bonds is 2. The Morgan fingerprint density at radius 3 is 2.50 bits per heavy atom. The summed E-state index contributed by atoms with van der Waals surface area (Å²) in [4.78, 5) is 0. The van der Waals surface area contributed by atoms with Gasteiger partial charge in [0.25, 0.3) is 0 Å². The van der Waals surface area contributed by atoms with E-state index < -0.39 is 0 Å². The lowest BCUT2D eigenvalue weighted by atomic mass is 9.95. The maximum Gasteiger partial charge on any atom is 0.0348 e. The molecule has 3 aliphatic carbocycles. The summed E-state index contributed by atoms with van der Waals surface area (Å²) in [5.74, 6) is 4.84. The molecule has 4 rings (SSSR count). The normalized spacial score (nSPS) is 45.8.